The molecule has 61 heavy (non-hydrogen) atoms. The van der Waals surface area contributed by atoms with Crippen molar-refractivity contribution in [3.8, 4) is 5.75 Å². The van der Waals surface area contributed by atoms with Gasteiger partial charge in [0.2, 0.25) is 11.8 Å². The second-order valence-corrected chi connectivity index (χ2v) is 16.6. The molecule has 1 spiro atoms. The quantitative estimate of drug-likeness (QED) is 0.189. The Hall–Kier alpha value is -6.40. The molecule has 2 aromatic heterocycles. The van der Waals surface area contributed by atoms with E-state index in [9.17, 15) is 41.9 Å². The summed E-state index contributed by atoms with van der Waals surface area (Å²) in [5, 5.41) is 10.2. The summed E-state index contributed by atoms with van der Waals surface area (Å²) in [7, 11) is 1.41. The minimum absolute atomic E-state index is 0.0144. The van der Waals surface area contributed by atoms with Crippen LogP contribution in [0.2, 0.25) is 0 Å². The smallest absolute Gasteiger partial charge is 0.433 e. The molecule has 4 fully saturated rings. The Bertz CT molecular complexity index is 2520. The zero-order valence-corrected chi connectivity index (χ0v) is 32.9. The van der Waals surface area contributed by atoms with Gasteiger partial charge < -0.3 is 19.9 Å². The largest absolute Gasteiger partial charge is 0.494 e. The van der Waals surface area contributed by atoms with Crippen molar-refractivity contribution in [2.45, 2.75) is 75.3 Å². The first-order valence-electron chi connectivity index (χ1n) is 20.1. The third-order valence-corrected chi connectivity index (χ3v) is 12.9. The molecule has 1 saturated carbocycles. The van der Waals surface area contributed by atoms with Crippen molar-refractivity contribution in [2.75, 3.05) is 43.5 Å². The molecule has 4 aliphatic heterocycles. The first-order chi connectivity index (χ1) is 29.0. The Balaban J connectivity index is 0.785. The molecule has 0 bridgehead atoms. The highest BCUT2D eigenvalue weighted by Crippen LogP contribution is 2.55. The van der Waals surface area contributed by atoms with Crippen LogP contribution in [-0.2, 0) is 20.6 Å². The molecule has 9 rings (SSSR count). The number of amides is 6. The van der Waals surface area contributed by atoms with Crippen molar-refractivity contribution in [3.63, 3.8) is 0 Å². The number of nitrogens with one attached hydrogen (secondary N) is 2. The molecule has 1 atom stereocenters. The van der Waals surface area contributed by atoms with Gasteiger partial charge in [-0.15, -0.1) is 0 Å². The molecule has 15 nitrogen and oxygen atoms in total. The molecular weight excluding hydrogens is 805 g/mol. The predicted molar refractivity (Wildman–Crippen MR) is 208 cm³/mol. The first kappa shape index (κ1) is 40.0. The number of alkyl halides is 4. The number of imide groups is 2. The van der Waals surface area contributed by atoms with Crippen molar-refractivity contribution in [2.24, 2.45) is 5.41 Å². The molecular formula is C42H40F4N8O7. The van der Waals surface area contributed by atoms with E-state index in [0.717, 1.165) is 29.9 Å². The van der Waals surface area contributed by atoms with Crippen molar-refractivity contribution < 1.29 is 51.1 Å². The number of fused-ring (bicyclic) bond motifs is 2. The summed E-state index contributed by atoms with van der Waals surface area (Å²) >= 11 is 0. The third-order valence-electron chi connectivity index (χ3n) is 12.9. The molecule has 5 aliphatic rings. The minimum atomic E-state index is -4.70. The zero-order valence-electron chi connectivity index (χ0n) is 32.9. The second-order valence-electron chi connectivity index (χ2n) is 16.6. The minimum Gasteiger partial charge on any atom is -0.494 e. The zero-order chi connectivity index (χ0) is 43.0. The van der Waals surface area contributed by atoms with Crippen LogP contribution in [-0.4, -0.2) is 105 Å². The van der Waals surface area contributed by atoms with Crippen LogP contribution >= 0.6 is 0 Å². The predicted octanol–water partition coefficient (Wildman–Crippen LogP) is 5.06. The molecule has 318 valence electrons. The molecule has 4 aromatic rings. The highest BCUT2D eigenvalue weighted by Gasteiger charge is 2.51. The maximum absolute atomic E-state index is 16.4. The van der Waals surface area contributed by atoms with Crippen molar-refractivity contribution in [3.05, 3.63) is 77.2 Å². The molecule has 0 radical (unpaired) electrons. The van der Waals surface area contributed by atoms with E-state index in [1.807, 2.05) is 15.8 Å². The molecule has 1 aliphatic carbocycles. The fraction of sp³-hybridized carbons (Fsp3) is 0.429. The average molecular weight is 845 g/mol. The summed E-state index contributed by atoms with van der Waals surface area (Å²) in [5.41, 5.74) is -1.92. The summed E-state index contributed by atoms with van der Waals surface area (Å²) in [6, 6.07) is 10.1. The third kappa shape index (κ3) is 7.12. The Morgan fingerprint density at radius 1 is 0.918 bits per heavy atom. The molecule has 6 amide bonds. The number of nitrogens with zero attached hydrogens (tertiary/aromatic N) is 6. The summed E-state index contributed by atoms with van der Waals surface area (Å²) < 4.78 is 63.2. The van der Waals surface area contributed by atoms with E-state index in [1.54, 1.807) is 29.2 Å². The van der Waals surface area contributed by atoms with Gasteiger partial charge in [-0.05, 0) is 73.9 Å². The molecule has 2 N–H and O–H groups in total. The second kappa shape index (κ2) is 14.7. The van der Waals surface area contributed by atoms with Crippen LogP contribution in [0.25, 0.3) is 10.9 Å². The van der Waals surface area contributed by atoms with Gasteiger partial charge in [0.05, 0.1) is 35.5 Å². The number of carbonyl (C=O) groups is 6. The molecule has 6 heterocycles. The lowest BCUT2D eigenvalue weighted by atomic mass is 9.60. The topological polar surface area (TPSA) is 176 Å². The summed E-state index contributed by atoms with van der Waals surface area (Å²) in [5.74, 6) is -3.47. The number of pyridine rings is 1. The number of hydrogen-bond acceptors (Lipinski definition) is 10. The van der Waals surface area contributed by atoms with E-state index in [2.05, 4.69) is 15.6 Å². The number of halogens is 4. The van der Waals surface area contributed by atoms with E-state index in [1.165, 1.54) is 19.2 Å². The number of ether oxygens (including phenoxy) is 1. The number of rotatable bonds is 7. The standard InChI is InChI=1S/C42H40F4N8O7/c1-61-32-19-29-23(17-30(32)48-35(56)28-3-2-4-33(47-28)42(44,45)46)22-53(50-29)25-20-40(21-25)9-13-52(14-10-40)39(60)41(43)11-15-51(16-12-41)24-5-6-26-27(18-24)38(59)54(37(26)58)31-7-8-34(55)49-36(31)57/h2-6,17-19,22,25,31H,7-16,20-21H2,1H3,(H,48,56)(H,49,55,57). The van der Waals surface area contributed by atoms with Gasteiger partial charge in [0.15, 0.2) is 5.67 Å². The highest BCUT2D eigenvalue weighted by molar-refractivity contribution is 6.23. The van der Waals surface area contributed by atoms with Crippen LogP contribution in [0.1, 0.15) is 94.3 Å². The molecule has 19 heteroatoms. The van der Waals surface area contributed by atoms with E-state index in [-0.39, 0.29) is 72.8 Å². The van der Waals surface area contributed by atoms with Gasteiger partial charge in [-0.25, -0.2) is 9.37 Å². The van der Waals surface area contributed by atoms with Crippen LogP contribution in [0.4, 0.5) is 28.9 Å². The monoisotopic (exact) mass is 844 g/mol. The Morgan fingerprint density at radius 2 is 1.64 bits per heavy atom. The highest BCUT2D eigenvalue weighted by atomic mass is 19.4. The van der Waals surface area contributed by atoms with Crippen molar-refractivity contribution in [1.82, 2.24) is 29.9 Å². The number of hydrogen-bond donors (Lipinski definition) is 2. The molecule has 3 saturated heterocycles. The average Bonchev–Trinajstić information content (AvgIpc) is 3.75. The van der Waals surface area contributed by atoms with Crippen LogP contribution in [0, 0.1) is 5.41 Å². The first-order valence-corrected chi connectivity index (χ1v) is 20.1. The van der Waals surface area contributed by atoms with Crippen LogP contribution < -0.4 is 20.3 Å². The Labute approximate surface area is 345 Å². The summed E-state index contributed by atoms with van der Waals surface area (Å²) in [6.07, 6.45) is 0.143. The molecule has 1 unspecified atom stereocenters. The van der Waals surface area contributed by atoms with Gasteiger partial charge in [0.1, 0.15) is 23.2 Å². The maximum atomic E-state index is 16.4. The van der Waals surface area contributed by atoms with Crippen molar-refractivity contribution >= 4 is 57.7 Å². The number of anilines is 2. The lowest BCUT2D eigenvalue weighted by molar-refractivity contribution is -0.149. The summed E-state index contributed by atoms with van der Waals surface area (Å²) in [6.45, 7) is 1.27. The van der Waals surface area contributed by atoms with E-state index < -0.39 is 64.7 Å². The van der Waals surface area contributed by atoms with E-state index in [4.69, 9.17) is 9.84 Å². The van der Waals surface area contributed by atoms with E-state index >= 15 is 4.39 Å². The number of aromatic nitrogens is 3. The van der Waals surface area contributed by atoms with Gasteiger partial charge in [-0.1, -0.05) is 6.07 Å². The maximum Gasteiger partial charge on any atom is 0.433 e. The van der Waals surface area contributed by atoms with Crippen LogP contribution in [0.5, 0.6) is 5.75 Å². The molecule has 2 aromatic carbocycles. The Kier molecular flexibility index (Phi) is 9.62. The SMILES string of the molecule is COc1cc2nn(C3CC4(CCN(C(=O)C5(F)CCN(c6ccc7c(c6)C(=O)N(C6CCC(=O)NC6=O)C7=O)CC5)CC4)C3)cc2cc1NC(=O)c1cccc(C(F)(F)F)n1. The van der Waals surface area contributed by atoms with Gasteiger partial charge >= 0.3 is 6.18 Å². The number of carbonyl (C=O) groups excluding carboxylic acids is 6. The van der Waals surface area contributed by atoms with Crippen molar-refractivity contribution in [1.29, 1.82) is 0 Å². The number of piperidine rings is 3. The van der Waals surface area contributed by atoms with Crippen LogP contribution in [0.15, 0.2) is 54.7 Å². The van der Waals surface area contributed by atoms with Crippen LogP contribution in [0.3, 0.4) is 0 Å². The van der Waals surface area contributed by atoms with Gasteiger partial charge in [-0.2, -0.15) is 18.3 Å². The van der Waals surface area contributed by atoms with Gasteiger partial charge in [0.25, 0.3) is 23.6 Å². The number of likely N-dealkylation sites (tertiary alicyclic amines) is 1. The van der Waals surface area contributed by atoms with E-state index in [0.29, 0.717) is 42.5 Å². The summed E-state index contributed by atoms with van der Waals surface area (Å²) in [4.78, 5) is 84.9. The Morgan fingerprint density at radius 3 is 2.33 bits per heavy atom. The fourth-order valence-electron chi connectivity index (χ4n) is 9.42. The lowest BCUT2D eigenvalue weighted by Gasteiger charge is -2.52. The van der Waals surface area contributed by atoms with Gasteiger partial charge in [0, 0.05) is 68.8 Å². The van der Waals surface area contributed by atoms with Gasteiger partial charge in [-0.3, -0.25) is 43.7 Å². The number of benzene rings is 2. The number of methoxy groups -OCH3 is 1. The normalized spacial score (nSPS) is 21.4. The lowest BCUT2D eigenvalue weighted by Crippen LogP contribution is -2.56. The fourth-order valence-corrected chi connectivity index (χ4v) is 9.42.